The van der Waals surface area contributed by atoms with Crippen LogP contribution in [0.3, 0.4) is 0 Å². The van der Waals surface area contributed by atoms with Crippen molar-refractivity contribution in [3.8, 4) is 0 Å². The molecule has 0 nitrogen and oxygen atoms in total. The van der Waals surface area contributed by atoms with Gasteiger partial charge in [0.1, 0.15) is 0 Å². The quantitative estimate of drug-likeness (QED) is 0.469. The molecular weight excluding hydrogens is 314 g/mol. The first-order valence-corrected chi connectivity index (χ1v) is 10.1. The fraction of sp³-hybridized carbons (Fsp3) is 0.182. The summed E-state index contributed by atoms with van der Waals surface area (Å²) in [6.45, 7) is 0. The summed E-state index contributed by atoms with van der Waals surface area (Å²) in [5, 5.41) is 0. The van der Waals surface area contributed by atoms with E-state index in [-0.39, 0.29) is 49.1 Å². The molecule has 0 saturated carbocycles. The molecule has 2 rings (SSSR count). The monoisotopic (exact) mass is 330 g/mol. The summed E-state index contributed by atoms with van der Waals surface area (Å²) in [5.41, 5.74) is 0. The number of allylic oxidation sites excluding steroid dienone is 8. The van der Waals surface area contributed by atoms with Crippen molar-refractivity contribution in [1.29, 1.82) is 0 Å². The molecule has 0 heterocycles. The Balaban J connectivity index is -0.0000000638. The second-order valence-electron chi connectivity index (χ2n) is 2.14. The van der Waals surface area contributed by atoms with Gasteiger partial charge in [0.05, 0.1) is 0 Å². The molecule has 0 N–H and O–H groups in total. The molecule has 0 saturated heterocycles. The average Bonchev–Trinajstić information content (AvgIpc) is 2.85. The summed E-state index contributed by atoms with van der Waals surface area (Å²) in [7, 11) is 7.00. The van der Waals surface area contributed by atoms with Crippen molar-refractivity contribution < 1.29 is 16.8 Å². The fourth-order valence-electron chi connectivity index (χ4n) is 0.680. The van der Waals surface area contributed by atoms with E-state index in [9.17, 15) is 0 Å². The van der Waals surface area contributed by atoms with Crippen LogP contribution in [0.2, 0.25) is 0 Å². The summed E-state index contributed by atoms with van der Waals surface area (Å²) in [4.78, 5) is 0. The molecule has 0 aliphatic heterocycles. The van der Waals surface area contributed by atoms with Gasteiger partial charge in [0.25, 0.3) is 0 Å². The fourth-order valence-corrected chi connectivity index (χ4v) is 0.680. The molecule has 0 bridgehead atoms. The van der Waals surface area contributed by atoms with Gasteiger partial charge in [-0.25, -0.2) is 24.3 Å². The van der Waals surface area contributed by atoms with Gasteiger partial charge in [-0.3, -0.25) is 12.2 Å². The minimum atomic E-state index is 0. The normalized spacial score (nSPS) is 11.6. The van der Waals surface area contributed by atoms with Crippen molar-refractivity contribution in [1.82, 2.24) is 0 Å². The third-order valence-electron chi connectivity index (χ3n) is 1.17. The summed E-state index contributed by atoms with van der Waals surface area (Å²) in [6.07, 6.45) is 20.0. The Morgan fingerprint density at radius 3 is 1.38 bits per heavy atom. The van der Waals surface area contributed by atoms with Crippen LogP contribution in [0.25, 0.3) is 0 Å². The zero-order chi connectivity index (χ0) is 9.78. The summed E-state index contributed by atoms with van der Waals surface area (Å²) in [5.74, 6) is 0. The van der Waals surface area contributed by atoms with Crippen molar-refractivity contribution in [2.75, 3.05) is 0 Å². The van der Waals surface area contributed by atoms with Crippen LogP contribution < -0.4 is 0 Å². The maximum atomic E-state index is 5.14. The molecular formula is C11H17Cl3SiTi-3. The van der Waals surface area contributed by atoms with Crippen LogP contribution in [0, 0.1) is 19.6 Å². The Morgan fingerprint density at radius 1 is 1.00 bits per heavy atom. The Kier molecular flexibility index (Phi) is 39.7. The van der Waals surface area contributed by atoms with Crippen LogP contribution in [-0.4, -0.2) is 7.63 Å². The molecule has 2 aliphatic carbocycles. The van der Waals surface area contributed by atoms with Crippen LogP contribution in [0.15, 0.2) is 36.5 Å². The molecule has 0 aromatic carbocycles. The summed E-state index contributed by atoms with van der Waals surface area (Å²) in [6, 6.07) is 0. The van der Waals surface area contributed by atoms with Gasteiger partial charge in [0.2, 0.25) is 0 Å². The third-order valence-corrected chi connectivity index (χ3v) is 1.17. The molecule has 0 amide bonds. The first kappa shape index (κ1) is 25.6. The predicted molar refractivity (Wildman–Crippen MR) is 78.4 cm³/mol. The van der Waals surface area contributed by atoms with Crippen molar-refractivity contribution in [2.24, 2.45) is 0 Å². The molecule has 0 spiro atoms. The molecule has 93 valence electrons. The van der Waals surface area contributed by atoms with Gasteiger partial charge in [-0.2, -0.15) is 12.2 Å². The van der Waals surface area contributed by atoms with E-state index >= 15 is 0 Å². The van der Waals surface area contributed by atoms with Gasteiger partial charge in [-0.1, -0.05) is 0 Å². The molecule has 0 atom stereocenters. The predicted octanol–water partition coefficient (Wildman–Crippen LogP) is 3.68. The minimum absolute atomic E-state index is 0. The summed E-state index contributed by atoms with van der Waals surface area (Å²) < 4.78 is 0. The average molecular weight is 332 g/mol. The number of halogens is 3. The summed E-state index contributed by atoms with van der Waals surface area (Å²) >= 11 is 0.000000000000000111. The first-order valence-electron chi connectivity index (χ1n) is 3.98. The van der Waals surface area contributed by atoms with Crippen LogP contribution in [-0.2, 0) is 16.8 Å². The van der Waals surface area contributed by atoms with Crippen molar-refractivity contribution in [3.63, 3.8) is 0 Å². The van der Waals surface area contributed by atoms with Gasteiger partial charge in [-0.15, -0.1) is 37.7 Å². The molecule has 0 unspecified atom stereocenters. The van der Waals surface area contributed by atoms with E-state index in [2.05, 4.69) is 24.3 Å². The Morgan fingerprint density at radius 2 is 1.31 bits per heavy atom. The second kappa shape index (κ2) is 24.8. The van der Waals surface area contributed by atoms with E-state index in [4.69, 9.17) is 9.30 Å². The zero-order valence-corrected chi connectivity index (χ0v) is 14.6. The molecule has 0 aromatic heterocycles. The molecule has 0 aromatic rings. The number of hydrogen-bond acceptors (Lipinski definition) is 0. The van der Waals surface area contributed by atoms with Crippen molar-refractivity contribution in [3.05, 3.63) is 56.0 Å². The van der Waals surface area contributed by atoms with E-state index in [1.807, 2.05) is 31.9 Å². The van der Waals surface area contributed by atoms with Crippen LogP contribution in [0.4, 0.5) is 0 Å². The van der Waals surface area contributed by atoms with Gasteiger partial charge in [0, 0.05) is 0 Å². The van der Waals surface area contributed by atoms with E-state index in [0.29, 0.717) is 0 Å². The Hall–Kier alpha value is 0.761. The number of rotatable bonds is 0. The van der Waals surface area contributed by atoms with Crippen molar-refractivity contribution >= 4 is 41.8 Å². The van der Waals surface area contributed by atoms with E-state index in [1.165, 1.54) is 0 Å². The molecule has 5 heteroatoms. The van der Waals surface area contributed by atoms with Gasteiger partial charge in [-0.05, 0) is 0 Å². The molecule has 0 radical (unpaired) electrons. The standard InChI is InChI=1S/2C5H5.CH3.3ClH.H2Si.Ti/c2*1-2-4-5-3-1;;;;;;/h2*1-3H,4H2;1H3;3*1H;1H2;/q3*-1;;;;;+1/p-1. The molecule has 0 fully saturated rings. The topological polar surface area (TPSA) is 0 Å². The van der Waals surface area contributed by atoms with Crippen LogP contribution >= 0.6 is 34.1 Å². The first-order chi connectivity index (χ1) is 6.41. The third kappa shape index (κ3) is 24.1. The number of hydrogen-bond donors (Lipinski definition) is 0. The Labute approximate surface area is 127 Å². The second-order valence-corrected chi connectivity index (χ2v) is 6.96. The van der Waals surface area contributed by atoms with Gasteiger partial charge < -0.3 is 7.43 Å². The molecule has 2 aliphatic rings. The van der Waals surface area contributed by atoms with Crippen molar-refractivity contribution in [2.45, 2.75) is 12.8 Å². The van der Waals surface area contributed by atoms with E-state index < -0.39 is 0 Å². The van der Waals surface area contributed by atoms with Gasteiger partial charge >= 0.3 is 33.8 Å². The van der Waals surface area contributed by atoms with E-state index in [0.717, 1.165) is 12.8 Å². The maximum absolute atomic E-state index is 5.14. The Bertz CT molecular complexity index is 193. The van der Waals surface area contributed by atoms with Crippen LogP contribution in [0.5, 0.6) is 0 Å². The van der Waals surface area contributed by atoms with Gasteiger partial charge in [0.15, 0.2) is 0 Å². The van der Waals surface area contributed by atoms with Crippen LogP contribution in [0.1, 0.15) is 12.8 Å². The SMILES string of the molecule is Cl.Cl.[C-]1=CC=CC1.[C-]1=CC=CC1.[CH3-].[SiH2]=[Ti][Cl]. The molecule has 16 heavy (non-hydrogen) atoms. The van der Waals surface area contributed by atoms with E-state index in [1.54, 1.807) is 0 Å². The zero-order valence-electron chi connectivity index (χ0n) is 9.28.